The number of halogens is 1. The highest BCUT2D eigenvalue weighted by molar-refractivity contribution is 6.33. The lowest BCUT2D eigenvalue weighted by Gasteiger charge is -2.16. The Morgan fingerprint density at radius 1 is 1.38 bits per heavy atom. The van der Waals surface area contributed by atoms with Crippen molar-refractivity contribution in [3.63, 3.8) is 0 Å². The number of anilines is 2. The summed E-state index contributed by atoms with van der Waals surface area (Å²) >= 11 is 5.80. The summed E-state index contributed by atoms with van der Waals surface area (Å²) in [6.45, 7) is 1.66. The van der Waals surface area contributed by atoms with Gasteiger partial charge in [-0.3, -0.25) is 0 Å². The smallest absolute Gasteiger partial charge is 0.321 e. The first-order valence-corrected chi connectivity index (χ1v) is 5.65. The minimum absolute atomic E-state index is 0.0702. The molecule has 4 nitrogen and oxygen atoms in total. The van der Waals surface area contributed by atoms with Gasteiger partial charge in [-0.2, -0.15) is 0 Å². The predicted octanol–water partition coefficient (Wildman–Crippen LogP) is 2.55. The topological polar surface area (TPSA) is 58.4 Å². The van der Waals surface area contributed by atoms with Crippen molar-refractivity contribution in [2.75, 3.05) is 24.1 Å². The average molecular weight is 240 g/mol. The van der Waals surface area contributed by atoms with Gasteiger partial charge >= 0.3 is 6.03 Å². The molecule has 0 bridgehead atoms. The van der Waals surface area contributed by atoms with E-state index in [0.29, 0.717) is 16.4 Å². The number of nitrogens with zero attached hydrogens (tertiary/aromatic N) is 1. The molecular formula is C11H14ClN3O. The minimum atomic E-state index is -0.0702. The fraction of sp³-hybridized carbons (Fsp3) is 0.364. The number of hydrogen-bond donors (Lipinski definition) is 2. The highest BCUT2D eigenvalue weighted by atomic mass is 35.5. The van der Waals surface area contributed by atoms with Crippen LogP contribution in [0.15, 0.2) is 18.2 Å². The number of benzene rings is 1. The van der Waals surface area contributed by atoms with Crippen molar-refractivity contribution in [1.29, 1.82) is 0 Å². The summed E-state index contributed by atoms with van der Waals surface area (Å²) in [5.74, 6) is 0. The molecule has 1 saturated heterocycles. The molecule has 3 N–H and O–H groups in total. The lowest BCUT2D eigenvalue weighted by molar-refractivity contribution is 0.222. The SMILES string of the molecule is Nc1cc(NC(=O)N2CCCC2)ccc1Cl. The molecule has 0 atom stereocenters. The van der Waals surface area contributed by atoms with Crippen LogP contribution in [-0.2, 0) is 0 Å². The summed E-state index contributed by atoms with van der Waals surface area (Å²) in [5, 5.41) is 3.30. The number of rotatable bonds is 1. The van der Waals surface area contributed by atoms with Gasteiger partial charge in [0.25, 0.3) is 0 Å². The molecule has 0 spiro atoms. The van der Waals surface area contributed by atoms with Crippen LogP contribution in [0.1, 0.15) is 12.8 Å². The van der Waals surface area contributed by atoms with Gasteiger partial charge in [-0.1, -0.05) is 11.6 Å². The van der Waals surface area contributed by atoms with E-state index in [1.54, 1.807) is 23.1 Å². The van der Waals surface area contributed by atoms with E-state index in [1.165, 1.54) is 0 Å². The Morgan fingerprint density at radius 2 is 2.06 bits per heavy atom. The van der Waals surface area contributed by atoms with E-state index in [9.17, 15) is 4.79 Å². The third-order valence-corrected chi connectivity index (χ3v) is 2.98. The summed E-state index contributed by atoms with van der Waals surface area (Å²) in [7, 11) is 0. The number of carbonyl (C=O) groups is 1. The van der Waals surface area contributed by atoms with Gasteiger partial charge in [-0.15, -0.1) is 0 Å². The second kappa shape index (κ2) is 4.61. The van der Waals surface area contributed by atoms with E-state index in [2.05, 4.69) is 5.32 Å². The normalized spacial score (nSPS) is 15.2. The molecule has 1 aliphatic heterocycles. The van der Waals surface area contributed by atoms with Gasteiger partial charge < -0.3 is 16.0 Å². The molecule has 5 heteroatoms. The molecule has 0 aromatic heterocycles. The summed E-state index contributed by atoms with van der Waals surface area (Å²) < 4.78 is 0. The van der Waals surface area contributed by atoms with Crippen LogP contribution < -0.4 is 11.1 Å². The molecule has 0 saturated carbocycles. The molecule has 16 heavy (non-hydrogen) atoms. The maximum atomic E-state index is 11.8. The Hall–Kier alpha value is -1.42. The first kappa shape index (κ1) is 11.1. The van der Waals surface area contributed by atoms with Gasteiger partial charge in [0, 0.05) is 18.8 Å². The van der Waals surface area contributed by atoms with Crippen LogP contribution in [0.2, 0.25) is 5.02 Å². The molecule has 1 aliphatic rings. The summed E-state index contributed by atoms with van der Waals surface area (Å²) in [6.07, 6.45) is 2.16. The number of hydrogen-bond acceptors (Lipinski definition) is 2. The number of urea groups is 1. The van der Waals surface area contributed by atoms with Crippen LogP contribution in [0.25, 0.3) is 0 Å². The Bertz CT molecular complexity index is 402. The number of nitrogens with one attached hydrogen (secondary N) is 1. The highest BCUT2D eigenvalue weighted by Gasteiger charge is 2.17. The number of nitrogen functional groups attached to an aromatic ring is 1. The third kappa shape index (κ3) is 2.39. The van der Waals surface area contributed by atoms with E-state index >= 15 is 0 Å². The van der Waals surface area contributed by atoms with Crippen LogP contribution in [0.3, 0.4) is 0 Å². The molecule has 0 radical (unpaired) electrons. The molecule has 1 aromatic rings. The molecule has 1 heterocycles. The monoisotopic (exact) mass is 239 g/mol. The predicted molar refractivity (Wildman–Crippen MR) is 65.7 cm³/mol. The number of nitrogens with two attached hydrogens (primary N) is 1. The van der Waals surface area contributed by atoms with Crippen molar-refractivity contribution in [1.82, 2.24) is 4.90 Å². The maximum Gasteiger partial charge on any atom is 0.321 e. The zero-order valence-corrected chi connectivity index (χ0v) is 9.63. The lowest BCUT2D eigenvalue weighted by Crippen LogP contribution is -2.32. The molecule has 0 aliphatic carbocycles. The zero-order valence-electron chi connectivity index (χ0n) is 8.87. The van der Waals surface area contributed by atoms with Crippen LogP contribution in [0.4, 0.5) is 16.2 Å². The van der Waals surface area contributed by atoms with Gasteiger partial charge in [0.15, 0.2) is 0 Å². The highest BCUT2D eigenvalue weighted by Crippen LogP contribution is 2.22. The summed E-state index contributed by atoms with van der Waals surface area (Å²) in [5.41, 5.74) is 6.81. The molecule has 2 rings (SSSR count). The van der Waals surface area contributed by atoms with Crippen molar-refractivity contribution >= 4 is 29.0 Å². The second-order valence-electron chi connectivity index (χ2n) is 3.86. The standard InChI is InChI=1S/C11H14ClN3O/c12-9-4-3-8(7-10(9)13)14-11(16)15-5-1-2-6-15/h3-4,7H,1-2,5-6,13H2,(H,14,16). The Balaban J connectivity index is 2.02. The van der Waals surface area contributed by atoms with Gasteiger partial charge in [0.1, 0.15) is 0 Å². The van der Waals surface area contributed by atoms with Gasteiger partial charge in [0.05, 0.1) is 10.7 Å². The molecular weight excluding hydrogens is 226 g/mol. The Morgan fingerprint density at radius 3 is 2.69 bits per heavy atom. The number of carbonyl (C=O) groups excluding carboxylic acids is 1. The first-order chi connectivity index (χ1) is 7.66. The van der Waals surface area contributed by atoms with E-state index < -0.39 is 0 Å². The Kier molecular flexibility index (Phi) is 3.19. The van der Waals surface area contributed by atoms with Crippen molar-refractivity contribution in [3.8, 4) is 0 Å². The molecule has 0 unspecified atom stereocenters. The lowest BCUT2D eigenvalue weighted by atomic mass is 10.3. The van der Waals surface area contributed by atoms with Crippen LogP contribution in [-0.4, -0.2) is 24.0 Å². The van der Waals surface area contributed by atoms with E-state index in [-0.39, 0.29) is 6.03 Å². The van der Waals surface area contributed by atoms with Gasteiger partial charge in [-0.25, -0.2) is 4.79 Å². The summed E-state index contributed by atoms with van der Waals surface area (Å²) in [4.78, 5) is 13.5. The van der Waals surface area contributed by atoms with E-state index in [1.807, 2.05) is 0 Å². The van der Waals surface area contributed by atoms with Crippen molar-refractivity contribution < 1.29 is 4.79 Å². The van der Waals surface area contributed by atoms with Crippen LogP contribution in [0, 0.1) is 0 Å². The largest absolute Gasteiger partial charge is 0.397 e. The quantitative estimate of drug-likeness (QED) is 0.740. The van der Waals surface area contributed by atoms with E-state index in [4.69, 9.17) is 17.3 Å². The van der Waals surface area contributed by atoms with Gasteiger partial charge in [0.2, 0.25) is 0 Å². The van der Waals surface area contributed by atoms with Crippen molar-refractivity contribution in [2.45, 2.75) is 12.8 Å². The first-order valence-electron chi connectivity index (χ1n) is 5.28. The maximum absolute atomic E-state index is 11.8. The second-order valence-corrected chi connectivity index (χ2v) is 4.27. The molecule has 1 fully saturated rings. The minimum Gasteiger partial charge on any atom is -0.397 e. The van der Waals surface area contributed by atoms with Crippen LogP contribution in [0.5, 0.6) is 0 Å². The van der Waals surface area contributed by atoms with Crippen LogP contribution >= 0.6 is 11.6 Å². The molecule has 1 aromatic carbocycles. The fourth-order valence-electron chi connectivity index (χ4n) is 1.74. The Labute approximate surface area is 99.4 Å². The third-order valence-electron chi connectivity index (χ3n) is 2.64. The van der Waals surface area contributed by atoms with Crippen molar-refractivity contribution in [2.24, 2.45) is 0 Å². The average Bonchev–Trinajstić information content (AvgIpc) is 2.77. The number of amides is 2. The van der Waals surface area contributed by atoms with Gasteiger partial charge in [-0.05, 0) is 31.0 Å². The summed E-state index contributed by atoms with van der Waals surface area (Å²) in [6, 6.07) is 5.01. The number of likely N-dealkylation sites (tertiary alicyclic amines) is 1. The van der Waals surface area contributed by atoms with Crippen molar-refractivity contribution in [3.05, 3.63) is 23.2 Å². The zero-order chi connectivity index (χ0) is 11.5. The fourth-order valence-corrected chi connectivity index (χ4v) is 1.86. The van der Waals surface area contributed by atoms with E-state index in [0.717, 1.165) is 25.9 Å². The molecule has 2 amide bonds. The molecule has 86 valence electrons.